The molecule has 5 heteroatoms. The Balaban J connectivity index is 1.72. The van der Waals surface area contributed by atoms with Gasteiger partial charge in [0.05, 0.1) is 5.52 Å². The van der Waals surface area contributed by atoms with Crippen molar-refractivity contribution in [3.63, 3.8) is 0 Å². The molecule has 2 aromatic heterocycles. The van der Waals surface area contributed by atoms with Crippen molar-refractivity contribution < 1.29 is 9.21 Å². The van der Waals surface area contributed by atoms with Crippen LogP contribution in [0.3, 0.4) is 0 Å². The molecule has 0 atom stereocenters. The smallest absolute Gasteiger partial charge is 0.270 e. The molecule has 1 amide bonds. The molecule has 0 fully saturated rings. The summed E-state index contributed by atoms with van der Waals surface area (Å²) in [6.07, 6.45) is 0. The van der Waals surface area contributed by atoms with E-state index in [0.29, 0.717) is 25.3 Å². The van der Waals surface area contributed by atoms with E-state index in [-0.39, 0.29) is 5.91 Å². The first-order chi connectivity index (χ1) is 15.4. The number of carbonyl (C=O) groups excluding carboxylic acids is 1. The van der Waals surface area contributed by atoms with Gasteiger partial charge in [-0.15, -0.1) is 0 Å². The van der Waals surface area contributed by atoms with Crippen LogP contribution in [0.25, 0.3) is 11.1 Å². The van der Waals surface area contributed by atoms with Crippen LogP contribution < -0.4 is 0 Å². The molecule has 32 heavy (non-hydrogen) atoms. The van der Waals surface area contributed by atoms with E-state index in [4.69, 9.17) is 4.42 Å². The van der Waals surface area contributed by atoms with Crippen molar-refractivity contribution in [2.45, 2.75) is 26.9 Å². The fourth-order valence-electron chi connectivity index (χ4n) is 4.01. The SMILES string of the molecule is Cc1cc2c(cc(C(=O)N(CCN(C)C)Cc3ccccc3)n2Cc2ccccc2C)o1. The van der Waals surface area contributed by atoms with Crippen molar-refractivity contribution in [2.75, 3.05) is 27.2 Å². The highest BCUT2D eigenvalue weighted by Crippen LogP contribution is 2.27. The molecule has 0 bridgehead atoms. The van der Waals surface area contributed by atoms with Crippen LogP contribution in [0.4, 0.5) is 0 Å². The van der Waals surface area contributed by atoms with Gasteiger partial charge in [0.1, 0.15) is 11.5 Å². The number of hydrogen-bond acceptors (Lipinski definition) is 3. The lowest BCUT2D eigenvalue weighted by molar-refractivity contribution is 0.0722. The summed E-state index contributed by atoms with van der Waals surface area (Å²) in [6, 6.07) is 22.4. The number of carbonyl (C=O) groups is 1. The third-order valence-electron chi connectivity index (χ3n) is 5.84. The third kappa shape index (κ3) is 4.78. The van der Waals surface area contributed by atoms with Crippen molar-refractivity contribution in [3.8, 4) is 0 Å². The zero-order valence-corrected chi connectivity index (χ0v) is 19.3. The number of aryl methyl sites for hydroxylation is 2. The number of furan rings is 1. The second-order valence-electron chi connectivity index (χ2n) is 8.66. The average molecular weight is 430 g/mol. The van der Waals surface area contributed by atoms with E-state index in [0.717, 1.165) is 29.0 Å². The molecule has 5 nitrogen and oxygen atoms in total. The zero-order valence-electron chi connectivity index (χ0n) is 19.3. The van der Waals surface area contributed by atoms with E-state index in [2.05, 4.69) is 40.7 Å². The van der Waals surface area contributed by atoms with E-state index in [1.807, 2.05) is 68.4 Å². The van der Waals surface area contributed by atoms with Crippen LogP contribution in [0.5, 0.6) is 0 Å². The lowest BCUT2D eigenvalue weighted by Gasteiger charge is -2.25. The quantitative estimate of drug-likeness (QED) is 0.391. The van der Waals surface area contributed by atoms with Crippen LogP contribution in [-0.2, 0) is 13.1 Å². The van der Waals surface area contributed by atoms with E-state index >= 15 is 0 Å². The maximum Gasteiger partial charge on any atom is 0.270 e. The van der Waals surface area contributed by atoms with Gasteiger partial charge in [-0.2, -0.15) is 0 Å². The summed E-state index contributed by atoms with van der Waals surface area (Å²) in [7, 11) is 4.06. The summed E-state index contributed by atoms with van der Waals surface area (Å²) in [5, 5.41) is 0. The number of amides is 1. The van der Waals surface area contributed by atoms with Crippen molar-refractivity contribution in [2.24, 2.45) is 0 Å². The molecule has 0 radical (unpaired) electrons. The molecular formula is C27H31N3O2. The van der Waals surface area contributed by atoms with E-state index in [1.165, 1.54) is 11.1 Å². The summed E-state index contributed by atoms with van der Waals surface area (Å²) in [4.78, 5) is 17.9. The second-order valence-corrected chi connectivity index (χ2v) is 8.66. The number of hydrogen-bond donors (Lipinski definition) is 0. The summed E-state index contributed by atoms with van der Waals surface area (Å²) < 4.78 is 8.01. The summed E-state index contributed by atoms with van der Waals surface area (Å²) in [6.45, 7) is 6.70. The van der Waals surface area contributed by atoms with Gasteiger partial charge in [0, 0.05) is 38.3 Å². The van der Waals surface area contributed by atoms with E-state index in [9.17, 15) is 4.79 Å². The number of benzene rings is 2. The van der Waals surface area contributed by atoms with Gasteiger partial charge in [-0.05, 0) is 44.6 Å². The number of rotatable bonds is 8. The van der Waals surface area contributed by atoms with E-state index < -0.39 is 0 Å². The minimum atomic E-state index is 0.0216. The predicted octanol–water partition coefficient (Wildman–Crippen LogP) is 5.10. The molecular weight excluding hydrogens is 398 g/mol. The monoisotopic (exact) mass is 429 g/mol. The molecule has 2 aromatic carbocycles. The molecule has 0 spiro atoms. The first-order valence-corrected chi connectivity index (χ1v) is 11.0. The lowest BCUT2D eigenvalue weighted by atomic mass is 10.1. The molecule has 0 saturated carbocycles. The van der Waals surface area contributed by atoms with Crippen LogP contribution in [0.1, 0.15) is 32.9 Å². The number of fused-ring (bicyclic) bond motifs is 1. The van der Waals surface area contributed by atoms with Gasteiger partial charge >= 0.3 is 0 Å². The largest absolute Gasteiger partial charge is 0.460 e. The maximum absolute atomic E-state index is 13.9. The summed E-state index contributed by atoms with van der Waals surface area (Å²) in [5.74, 6) is 0.870. The van der Waals surface area contributed by atoms with Crippen LogP contribution in [0, 0.1) is 13.8 Å². The molecule has 166 valence electrons. The first-order valence-electron chi connectivity index (χ1n) is 11.0. The van der Waals surface area contributed by atoms with E-state index in [1.54, 1.807) is 0 Å². The van der Waals surface area contributed by atoms with Gasteiger partial charge in [-0.25, -0.2) is 0 Å². The minimum absolute atomic E-state index is 0.0216. The standard InChI is InChI=1S/C27H31N3O2/c1-20-10-8-9-13-23(20)19-30-24-16-21(2)32-26(24)17-25(30)27(31)29(15-14-28(3)4)18-22-11-6-5-7-12-22/h5-13,16-17H,14-15,18-19H2,1-4H3. The highest BCUT2D eigenvalue weighted by atomic mass is 16.3. The van der Waals surface area contributed by atoms with Gasteiger partial charge in [-0.1, -0.05) is 54.6 Å². The fraction of sp³-hybridized carbons (Fsp3) is 0.296. The molecule has 2 heterocycles. The van der Waals surface area contributed by atoms with Crippen molar-refractivity contribution in [3.05, 3.63) is 94.9 Å². The van der Waals surface area contributed by atoms with Crippen LogP contribution in [-0.4, -0.2) is 47.5 Å². The lowest BCUT2D eigenvalue weighted by Crippen LogP contribution is -2.37. The van der Waals surface area contributed by atoms with Gasteiger partial charge in [-0.3, -0.25) is 4.79 Å². The maximum atomic E-state index is 13.9. The Morgan fingerprint density at radius 2 is 1.66 bits per heavy atom. The summed E-state index contributed by atoms with van der Waals surface area (Å²) in [5.41, 5.74) is 5.91. The highest BCUT2D eigenvalue weighted by molar-refractivity contribution is 5.97. The Morgan fingerprint density at radius 1 is 0.938 bits per heavy atom. The van der Waals surface area contributed by atoms with Gasteiger partial charge in [0.25, 0.3) is 5.91 Å². The molecule has 0 N–H and O–H groups in total. The topological polar surface area (TPSA) is 41.6 Å². The Labute approximate surface area is 189 Å². The Bertz CT molecular complexity index is 1200. The highest BCUT2D eigenvalue weighted by Gasteiger charge is 2.24. The molecule has 0 saturated heterocycles. The Kier molecular flexibility index (Phi) is 6.47. The number of likely N-dealkylation sites (N-methyl/N-ethyl adjacent to an activating group) is 1. The Morgan fingerprint density at radius 3 is 2.38 bits per heavy atom. The molecule has 4 rings (SSSR count). The van der Waals surface area contributed by atoms with Crippen molar-refractivity contribution in [1.29, 1.82) is 0 Å². The zero-order chi connectivity index (χ0) is 22.7. The van der Waals surface area contributed by atoms with Crippen molar-refractivity contribution in [1.82, 2.24) is 14.4 Å². The predicted molar refractivity (Wildman–Crippen MR) is 129 cm³/mol. The Hall–Kier alpha value is -3.31. The first kappa shape index (κ1) is 21.9. The van der Waals surface area contributed by atoms with Gasteiger partial charge in [0.2, 0.25) is 0 Å². The molecule has 0 unspecified atom stereocenters. The normalized spacial score (nSPS) is 11.4. The van der Waals surface area contributed by atoms with Gasteiger partial charge < -0.3 is 18.8 Å². The van der Waals surface area contributed by atoms with Crippen LogP contribution in [0.15, 0.2) is 71.1 Å². The van der Waals surface area contributed by atoms with Crippen LogP contribution in [0.2, 0.25) is 0 Å². The molecule has 4 aromatic rings. The van der Waals surface area contributed by atoms with Crippen molar-refractivity contribution >= 4 is 17.0 Å². The third-order valence-corrected chi connectivity index (χ3v) is 5.84. The minimum Gasteiger partial charge on any atom is -0.460 e. The average Bonchev–Trinajstić information content (AvgIpc) is 3.29. The fourth-order valence-corrected chi connectivity index (χ4v) is 4.01. The van der Waals surface area contributed by atoms with Gasteiger partial charge in [0.15, 0.2) is 5.58 Å². The second kappa shape index (κ2) is 9.45. The molecule has 0 aliphatic carbocycles. The van der Waals surface area contributed by atoms with Crippen LogP contribution >= 0.6 is 0 Å². The number of nitrogens with zero attached hydrogens (tertiary/aromatic N) is 3. The summed E-state index contributed by atoms with van der Waals surface area (Å²) >= 11 is 0. The molecule has 0 aliphatic rings. The number of aromatic nitrogens is 1. The molecule has 0 aliphatic heterocycles.